The monoisotopic (exact) mass is 427 g/mol. The quantitative estimate of drug-likeness (QED) is 0.319. The van der Waals surface area contributed by atoms with Crippen molar-refractivity contribution in [2.45, 2.75) is 0 Å². The highest BCUT2D eigenvalue weighted by Gasteiger charge is 2.24. The topological polar surface area (TPSA) is 98.7 Å². The van der Waals surface area contributed by atoms with Gasteiger partial charge in [-0.2, -0.15) is 0 Å². The fourth-order valence-electron chi connectivity index (χ4n) is 3.42. The van der Waals surface area contributed by atoms with Crippen LogP contribution in [0.4, 0.5) is 22.7 Å². The van der Waals surface area contributed by atoms with E-state index in [1.165, 1.54) is 17.0 Å². The van der Waals surface area contributed by atoms with Crippen molar-refractivity contribution < 1.29 is 9.90 Å². The van der Waals surface area contributed by atoms with E-state index in [9.17, 15) is 19.5 Å². The van der Waals surface area contributed by atoms with Gasteiger partial charge in [0.25, 0.3) is 16.8 Å². The predicted octanol–water partition coefficient (Wildman–Crippen LogP) is 3.84. The lowest BCUT2D eigenvalue weighted by Gasteiger charge is -2.19. The first-order valence-corrected chi connectivity index (χ1v) is 9.94. The molecule has 160 valence electrons. The summed E-state index contributed by atoms with van der Waals surface area (Å²) >= 11 is 0. The number of hydrogen-bond donors (Lipinski definition) is 3. The van der Waals surface area contributed by atoms with Gasteiger partial charge in [0.05, 0.1) is 11.3 Å². The van der Waals surface area contributed by atoms with Crippen LogP contribution in [-0.4, -0.2) is 30.0 Å². The number of anilines is 4. The summed E-state index contributed by atoms with van der Waals surface area (Å²) in [4.78, 5) is 38.2. The molecular weight excluding hydrogens is 406 g/mol. The first kappa shape index (κ1) is 20.9. The molecule has 0 saturated carbocycles. The van der Waals surface area contributed by atoms with Crippen LogP contribution >= 0.6 is 0 Å². The normalized spacial score (nSPS) is 10.7. The van der Waals surface area contributed by atoms with Gasteiger partial charge in [-0.15, -0.1) is 0 Å². The third kappa shape index (κ3) is 3.72. The average Bonchev–Trinajstić information content (AvgIpc) is 2.82. The fraction of sp³-hybridized carbons (Fsp3) is 0.0800. The van der Waals surface area contributed by atoms with E-state index in [-0.39, 0.29) is 34.3 Å². The minimum absolute atomic E-state index is 0.0302. The van der Waals surface area contributed by atoms with Crippen LogP contribution in [-0.2, 0) is 0 Å². The summed E-state index contributed by atoms with van der Waals surface area (Å²) in [5, 5.41) is 16.4. The molecule has 3 N–H and O–H groups in total. The Labute approximate surface area is 184 Å². The van der Waals surface area contributed by atoms with Crippen LogP contribution in [0.5, 0.6) is 5.75 Å². The van der Waals surface area contributed by atoms with Gasteiger partial charge in [-0.1, -0.05) is 54.6 Å². The van der Waals surface area contributed by atoms with E-state index in [0.717, 1.165) is 11.1 Å². The average molecular weight is 427 g/mol. The van der Waals surface area contributed by atoms with Crippen molar-refractivity contribution in [1.82, 2.24) is 4.90 Å². The van der Waals surface area contributed by atoms with Crippen molar-refractivity contribution in [2.75, 3.05) is 24.7 Å². The Morgan fingerprint density at radius 2 is 1.31 bits per heavy atom. The Balaban J connectivity index is 1.68. The first-order valence-electron chi connectivity index (χ1n) is 9.94. The second-order valence-electron chi connectivity index (χ2n) is 7.47. The second kappa shape index (κ2) is 8.39. The van der Waals surface area contributed by atoms with Gasteiger partial charge in [-0.3, -0.25) is 14.4 Å². The molecule has 0 aliphatic rings. The largest absolute Gasteiger partial charge is 0.505 e. The fourth-order valence-corrected chi connectivity index (χ4v) is 3.42. The molecule has 0 aromatic heterocycles. The van der Waals surface area contributed by atoms with Gasteiger partial charge in [-0.05, 0) is 23.8 Å². The molecule has 4 rings (SSSR count). The summed E-state index contributed by atoms with van der Waals surface area (Å²) in [6, 6.07) is 21.7. The van der Waals surface area contributed by atoms with Crippen molar-refractivity contribution >= 4 is 28.7 Å². The van der Waals surface area contributed by atoms with E-state index in [4.69, 9.17) is 0 Å². The van der Waals surface area contributed by atoms with E-state index >= 15 is 0 Å². The molecule has 0 radical (unpaired) electrons. The highest BCUT2D eigenvalue weighted by molar-refractivity contribution is 5.99. The number of nitrogens with zero attached hydrogens (tertiary/aromatic N) is 1. The highest BCUT2D eigenvalue weighted by atomic mass is 16.3. The maximum Gasteiger partial charge on any atom is 0.257 e. The molecule has 32 heavy (non-hydrogen) atoms. The van der Waals surface area contributed by atoms with Crippen molar-refractivity contribution in [3.05, 3.63) is 98.8 Å². The van der Waals surface area contributed by atoms with Crippen LogP contribution in [0.2, 0.25) is 0 Å². The zero-order valence-electron chi connectivity index (χ0n) is 17.5. The molecule has 0 fully saturated rings. The Hall–Kier alpha value is -4.39. The number of hydrogen-bond acceptors (Lipinski definition) is 6. The minimum atomic E-state index is -0.701. The van der Waals surface area contributed by atoms with Crippen molar-refractivity contribution in [3.63, 3.8) is 0 Å². The molecule has 0 aliphatic heterocycles. The van der Waals surface area contributed by atoms with Gasteiger partial charge in [0.15, 0.2) is 5.75 Å². The molecule has 0 spiro atoms. The molecule has 0 unspecified atom stereocenters. The number of nitrogens with one attached hydrogen (secondary N) is 2. The van der Waals surface area contributed by atoms with Crippen LogP contribution in [0, 0.1) is 0 Å². The number of amides is 1. The van der Waals surface area contributed by atoms with Crippen LogP contribution in [0.1, 0.15) is 10.4 Å². The molecule has 0 heterocycles. The highest BCUT2D eigenvalue weighted by Crippen LogP contribution is 2.34. The van der Waals surface area contributed by atoms with Crippen LogP contribution in [0.3, 0.4) is 0 Å². The molecule has 1 amide bonds. The standard InChI is InChI=1S/C25H21N3O4/c1-28(2)25(32)17-12-8-14-19(22(17)29)27-21-20(23(30)24(21)31)26-18-13-7-6-11-16(18)15-9-4-3-5-10-15/h3-14,26-27,29H,1-2H3. The molecule has 0 atom stereocenters. The molecule has 4 aromatic rings. The zero-order chi connectivity index (χ0) is 22.8. The van der Waals surface area contributed by atoms with E-state index < -0.39 is 10.9 Å². The first-order chi connectivity index (χ1) is 15.4. The van der Waals surface area contributed by atoms with Crippen molar-refractivity contribution in [2.24, 2.45) is 0 Å². The lowest BCUT2D eigenvalue weighted by Crippen LogP contribution is -2.36. The van der Waals surface area contributed by atoms with Gasteiger partial charge in [0.1, 0.15) is 11.4 Å². The predicted molar refractivity (Wildman–Crippen MR) is 126 cm³/mol. The van der Waals surface area contributed by atoms with Crippen molar-refractivity contribution in [3.8, 4) is 16.9 Å². The summed E-state index contributed by atoms with van der Waals surface area (Å²) < 4.78 is 0. The molecule has 4 aromatic carbocycles. The maximum absolute atomic E-state index is 12.3. The van der Waals surface area contributed by atoms with E-state index in [1.807, 2.05) is 54.6 Å². The lowest BCUT2D eigenvalue weighted by atomic mass is 10.0. The molecular formula is C25H21N3O4. The molecule has 7 heteroatoms. The second-order valence-corrected chi connectivity index (χ2v) is 7.47. The molecule has 0 bridgehead atoms. The van der Waals surface area contributed by atoms with E-state index in [1.54, 1.807) is 20.2 Å². The summed E-state index contributed by atoms with van der Waals surface area (Å²) in [6.07, 6.45) is 0. The number of carbonyl (C=O) groups is 1. The van der Waals surface area contributed by atoms with Gasteiger partial charge >= 0.3 is 0 Å². The summed E-state index contributed by atoms with van der Waals surface area (Å²) in [5.74, 6) is -0.679. The third-order valence-corrected chi connectivity index (χ3v) is 5.11. The number of rotatable bonds is 6. The van der Waals surface area contributed by atoms with Gasteiger partial charge in [0, 0.05) is 25.3 Å². The molecule has 7 nitrogen and oxygen atoms in total. The van der Waals surface area contributed by atoms with Crippen LogP contribution in [0.25, 0.3) is 11.1 Å². The Morgan fingerprint density at radius 1 is 0.750 bits per heavy atom. The van der Waals surface area contributed by atoms with Gasteiger partial charge in [0.2, 0.25) is 0 Å². The molecule has 0 saturated heterocycles. The lowest BCUT2D eigenvalue weighted by molar-refractivity contribution is 0.0824. The third-order valence-electron chi connectivity index (χ3n) is 5.11. The number of phenolic OH excluding ortho intramolecular Hbond substituents is 1. The van der Waals surface area contributed by atoms with Crippen molar-refractivity contribution in [1.29, 1.82) is 0 Å². The summed E-state index contributed by atoms with van der Waals surface area (Å²) in [7, 11) is 3.15. The Morgan fingerprint density at radius 3 is 1.97 bits per heavy atom. The van der Waals surface area contributed by atoms with Crippen LogP contribution in [0.15, 0.2) is 82.4 Å². The number of benzene rings is 3. The molecule has 0 aliphatic carbocycles. The Bertz CT molecular complexity index is 1370. The number of aromatic hydroxyl groups is 1. The number of phenols is 1. The number of carbonyl (C=O) groups excluding carboxylic acids is 1. The van der Waals surface area contributed by atoms with Gasteiger partial charge < -0.3 is 20.6 Å². The Kier molecular flexibility index (Phi) is 5.47. The number of para-hydroxylation sites is 2. The van der Waals surface area contributed by atoms with Crippen LogP contribution < -0.4 is 21.5 Å². The van der Waals surface area contributed by atoms with E-state index in [2.05, 4.69) is 10.6 Å². The SMILES string of the molecule is CN(C)C(=O)c1cccc(Nc2c(Nc3ccccc3-c3ccccc3)c(=O)c2=O)c1O. The zero-order valence-corrected chi connectivity index (χ0v) is 17.5. The smallest absolute Gasteiger partial charge is 0.257 e. The van der Waals surface area contributed by atoms with E-state index in [0.29, 0.717) is 5.69 Å². The van der Waals surface area contributed by atoms with Gasteiger partial charge in [-0.25, -0.2) is 0 Å². The summed E-state index contributed by atoms with van der Waals surface area (Å²) in [6.45, 7) is 0. The summed E-state index contributed by atoms with van der Waals surface area (Å²) in [5.41, 5.74) is 1.50. The minimum Gasteiger partial charge on any atom is -0.505 e. The maximum atomic E-state index is 12.3.